The fourth-order valence-corrected chi connectivity index (χ4v) is 6.33. The molecule has 0 unspecified atom stereocenters. The number of ether oxygens (including phenoxy) is 2. The van der Waals surface area contributed by atoms with Crippen molar-refractivity contribution in [1.82, 2.24) is 4.98 Å². The van der Waals surface area contributed by atoms with Gasteiger partial charge >= 0.3 is 5.97 Å². The van der Waals surface area contributed by atoms with Gasteiger partial charge in [-0.25, -0.2) is 9.78 Å². The van der Waals surface area contributed by atoms with Crippen molar-refractivity contribution < 1.29 is 24.2 Å². The summed E-state index contributed by atoms with van der Waals surface area (Å²) >= 11 is 13.9. The Morgan fingerprint density at radius 1 is 1.17 bits per heavy atom. The Hall–Kier alpha value is -2.91. The SMILES string of the molecule is COc1c(COCCCC2CCCCC2)cccc1-c1csc(NC(=O)c2cc(Cl)c(C=C(C)C(=O)O)c(Cl)c2)n1. The number of carbonyl (C=O) groups excluding carboxylic acids is 1. The van der Waals surface area contributed by atoms with E-state index in [9.17, 15) is 9.59 Å². The molecule has 1 saturated carbocycles. The van der Waals surface area contributed by atoms with Gasteiger partial charge in [0, 0.05) is 39.8 Å². The summed E-state index contributed by atoms with van der Waals surface area (Å²) in [5.41, 5.74) is 3.05. The Kier molecular flexibility index (Phi) is 11.2. The van der Waals surface area contributed by atoms with Crippen molar-refractivity contribution >= 4 is 57.6 Å². The van der Waals surface area contributed by atoms with E-state index in [4.69, 9.17) is 37.8 Å². The van der Waals surface area contributed by atoms with Gasteiger partial charge in [-0.1, -0.05) is 67.4 Å². The molecule has 0 bridgehead atoms. The van der Waals surface area contributed by atoms with Gasteiger partial charge in [0.25, 0.3) is 5.91 Å². The number of thiazole rings is 1. The highest BCUT2D eigenvalue weighted by molar-refractivity contribution is 7.14. The van der Waals surface area contributed by atoms with Crippen molar-refractivity contribution in [2.45, 2.75) is 58.5 Å². The van der Waals surface area contributed by atoms with Crippen LogP contribution in [-0.2, 0) is 16.1 Å². The number of nitrogens with zero attached hydrogens (tertiary/aromatic N) is 1. The number of nitrogens with one attached hydrogen (secondary N) is 1. The molecule has 1 aliphatic carbocycles. The third kappa shape index (κ3) is 8.32. The number of aromatic nitrogens is 1. The number of hydrogen-bond acceptors (Lipinski definition) is 6. The Labute approximate surface area is 254 Å². The maximum absolute atomic E-state index is 12.9. The third-order valence-corrected chi connectivity index (χ3v) is 8.61. The highest BCUT2D eigenvalue weighted by Gasteiger charge is 2.18. The molecular weight excluding hydrogens is 583 g/mol. The minimum atomic E-state index is -1.09. The number of aliphatic carboxylic acids is 1. The van der Waals surface area contributed by atoms with Crippen LogP contribution >= 0.6 is 34.5 Å². The summed E-state index contributed by atoms with van der Waals surface area (Å²) in [4.78, 5) is 28.7. The molecule has 7 nitrogen and oxygen atoms in total. The number of para-hydroxylation sites is 1. The topological polar surface area (TPSA) is 97.8 Å². The van der Waals surface area contributed by atoms with Crippen molar-refractivity contribution in [1.29, 1.82) is 0 Å². The van der Waals surface area contributed by atoms with Crippen LogP contribution in [0.5, 0.6) is 5.75 Å². The number of carboxylic acids is 1. The average molecular weight is 618 g/mol. The molecule has 0 aliphatic heterocycles. The van der Waals surface area contributed by atoms with Gasteiger partial charge in [0.1, 0.15) is 5.75 Å². The van der Waals surface area contributed by atoms with E-state index in [-0.39, 0.29) is 21.2 Å². The molecule has 41 heavy (non-hydrogen) atoms. The fourth-order valence-electron chi connectivity index (χ4n) is 5.03. The zero-order valence-corrected chi connectivity index (χ0v) is 25.5. The van der Waals surface area contributed by atoms with Crippen LogP contribution in [0.1, 0.15) is 73.4 Å². The molecule has 2 N–H and O–H groups in total. The number of rotatable bonds is 12. The van der Waals surface area contributed by atoms with Gasteiger partial charge in [0.15, 0.2) is 5.13 Å². The molecule has 1 aliphatic rings. The van der Waals surface area contributed by atoms with E-state index in [1.165, 1.54) is 75.0 Å². The molecule has 1 fully saturated rings. The summed E-state index contributed by atoms with van der Waals surface area (Å²) in [5.74, 6) is 0.0190. The molecule has 0 spiro atoms. The largest absolute Gasteiger partial charge is 0.496 e. The second kappa shape index (κ2) is 14.8. The van der Waals surface area contributed by atoms with Crippen LogP contribution in [0.15, 0.2) is 41.3 Å². The maximum Gasteiger partial charge on any atom is 0.331 e. The first kappa shape index (κ1) is 31.0. The van der Waals surface area contributed by atoms with Crippen LogP contribution in [-0.4, -0.2) is 35.7 Å². The molecular formula is C31H34Cl2N2O5S. The fraction of sp³-hybridized carbons (Fsp3) is 0.387. The molecule has 0 saturated heterocycles. The molecule has 1 amide bonds. The van der Waals surface area contributed by atoms with Crippen molar-refractivity contribution in [3.05, 3.63) is 68.0 Å². The molecule has 1 aromatic heterocycles. The smallest absolute Gasteiger partial charge is 0.331 e. The van der Waals surface area contributed by atoms with E-state index in [2.05, 4.69) is 10.3 Å². The monoisotopic (exact) mass is 616 g/mol. The minimum Gasteiger partial charge on any atom is -0.496 e. The van der Waals surface area contributed by atoms with Gasteiger partial charge in [-0.15, -0.1) is 11.3 Å². The number of halogens is 2. The lowest BCUT2D eigenvalue weighted by molar-refractivity contribution is -0.132. The molecule has 4 rings (SSSR count). The summed E-state index contributed by atoms with van der Waals surface area (Å²) < 4.78 is 11.8. The van der Waals surface area contributed by atoms with Gasteiger partial charge in [-0.05, 0) is 50.0 Å². The second-order valence-corrected chi connectivity index (χ2v) is 11.8. The van der Waals surface area contributed by atoms with E-state index in [1.54, 1.807) is 7.11 Å². The van der Waals surface area contributed by atoms with E-state index in [0.29, 0.717) is 28.7 Å². The maximum atomic E-state index is 12.9. The first-order valence-electron chi connectivity index (χ1n) is 13.7. The van der Waals surface area contributed by atoms with Crippen LogP contribution in [0.25, 0.3) is 17.3 Å². The molecule has 218 valence electrons. The third-order valence-electron chi connectivity index (χ3n) is 7.22. The summed E-state index contributed by atoms with van der Waals surface area (Å²) in [6.07, 6.45) is 10.5. The standard InChI is InChI=1S/C31H34Cl2N2O5S/c1-19(30(37)38)14-24-25(32)15-22(16-26(24)33)29(36)35-31-34-27(18-41-31)23-12-6-11-21(28(23)39-2)17-40-13-7-10-20-8-4-3-5-9-20/h6,11-12,14-16,18,20H,3-5,7-10,13,17H2,1-2H3,(H,37,38)(H,34,35,36). The van der Waals surface area contributed by atoms with Gasteiger partial charge in [-0.3, -0.25) is 10.1 Å². The van der Waals surface area contributed by atoms with Crippen molar-refractivity contribution in [3.63, 3.8) is 0 Å². The average Bonchev–Trinajstić information content (AvgIpc) is 3.43. The number of methoxy groups -OCH3 is 1. The highest BCUT2D eigenvalue weighted by Crippen LogP contribution is 2.36. The van der Waals surface area contributed by atoms with Crippen molar-refractivity contribution in [2.75, 3.05) is 19.0 Å². The lowest BCUT2D eigenvalue weighted by Gasteiger charge is -2.21. The van der Waals surface area contributed by atoms with E-state index in [0.717, 1.165) is 30.1 Å². The Bertz CT molecular complexity index is 1390. The van der Waals surface area contributed by atoms with Gasteiger partial charge in [0.2, 0.25) is 0 Å². The molecule has 0 radical (unpaired) electrons. The van der Waals surface area contributed by atoms with Crippen molar-refractivity contribution in [3.8, 4) is 17.0 Å². The number of anilines is 1. The summed E-state index contributed by atoms with van der Waals surface area (Å²) in [5, 5.41) is 14.5. The van der Waals surface area contributed by atoms with Crippen LogP contribution in [0.3, 0.4) is 0 Å². The molecule has 10 heteroatoms. The Morgan fingerprint density at radius 3 is 2.59 bits per heavy atom. The van der Waals surface area contributed by atoms with Crippen LogP contribution in [0, 0.1) is 5.92 Å². The molecule has 1 heterocycles. The quantitative estimate of drug-likeness (QED) is 0.156. The van der Waals surface area contributed by atoms with Crippen LogP contribution in [0.2, 0.25) is 10.0 Å². The normalized spacial score (nSPS) is 14.2. The second-order valence-electron chi connectivity index (χ2n) is 10.2. The minimum absolute atomic E-state index is 0.0713. The van der Waals surface area contributed by atoms with Crippen LogP contribution < -0.4 is 10.1 Å². The highest BCUT2D eigenvalue weighted by atomic mass is 35.5. The van der Waals surface area contributed by atoms with Gasteiger partial charge in [0.05, 0.1) is 29.5 Å². The zero-order valence-electron chi connectivity index (χ0n) is 23.2. The van der Waals surface area contributed by atoms with E-state index >= 15 is 0 Å². The molecule has 3 aromatic rings. The molecule has 2 aromatic carbocycles. The Balaban J connectivity index is 1.40. The molecule has 0 atom stereocenters. The Morgan fingerprint density at radius 2 is 1.90 bits per heavy atom. The summed E-state index contributed by atoms with van der Waals surface area (Å²) in [7, 11) is 1.63. The van der Waals surface area contributed by atoms with Gasteiger partial charge < -0.3 is 14.6 Å². The predicted molar refractivity (Wildman–Crippen MR) is 165 cm³/mol. The number of benzene rings is 2. The number of carboxylic acid groups (broad SMARTS) is 1. The summed E-state index contributed by atoms with van der Waals surface area (Å²) in [6, 6.07) is 8.75. The number of carbonyl (C=O) groups is 2. The lowest BCUT2D eigenvalue weighted by Crippen LogP contribution is -2.12. The van der Waals surface area contributed by atoms with Gasteiger partial charge in [-0.2, -0.15) is 0 Å². The summed E-state index contributed by atoms with van der Waals surface area (Å²) in [6.45, 7) is 2.61. The lowest BCUT2D eigenvalue weighted by atomic mass is 9.86. The number of hydrogen-bond donors (Lipinski definition) is 2. The van der Waals surface area contributed by atoms with E-state index < -0.39 is 11.9 Å². The first-order chi connectivity index (χ1) is 19.8. The zero-order chi connectivity index (χ0) is 29.4. The first-order valence-corrected chi connectivity index (χ1v) is 15.3. The van der Waals surface area contributed by atoms with E-state index in [1.807, 2.05) is 23.6 Å². The van der Waals surface area contributed by atoms with Crippen LogP contribution in [0.4, 0.5) is 5.13 Å². The number of amides is 1. The predicted octanol–water partition coefficient (Wildman–Crippen LogP) is 8.74. The van der Waals surface area contributed by atoms with Crippen molar-refractivity contribution in [2.24, 2.45) is 5.92 Å².